The maximum atomic E-state index is 14.1. The number of rotatable bonds is 8. The van der Waals surface area contributed by atoms with Crippen molar-refractivity contribution in [1.29, 1.82) is 0 Å². The van der Waals surface area contributed by atoms with Crippen molar-refractivity contribution in [2.24, 2.45) is 0 Å². The average molecular weight is 1530 g/mol. The predicted octanol–water partition coefficient (Wildman–Crippen LogP) is 32.3. The molecule has 4 fully saturated rings. The zero-order valence-corrected chi connectivity index (χ0v) is 71.9. The zero-order valence-electron chi connectivity index (χ0n) is 71.9. The lowest BCUT2D eigenvalue weighted by molar-refractivity contribution is 0.245. The minimum absolute atomic E-state index is 0.0620. The van der Waals surface area contributed by atoms with Gasteiger partial charge in [-0.15, -0.1) is 0 Å². The Labute approximate surface area is 687 Å². The lowest BCUT2D eigenvalue weighted by atomic mass is 9.81. The Morgan fingerprint density at radius 2 is 0.661 bits per heavy atom. The molecule has 0 aliphatic heterocycles. The number of aryl methyl sites for hydroxylation is 10. The van der Waals surface area contributed by atoms with Crippen LogP contribution in [-0.4, -0.2) is 27.3 Å². The van der Waals surface area contributed by atoms with Crippen molar-refractivity contribution in [3.05, 3.63) is 314 Å². The van der Waals surface area contributed by atoms with E-state index in [1.54, 1.807) is 36.4 Å². The third-order valence-corrected chi connectivity index (χ3v) is 24.4. The first kappa shape index (κ1) is 84.6. The van der Waals surface area contributed by atoms with E-state index in [9.17, 15) is 8.78 Å². The van der Waals surface area contributed by atoms with Gasteiger partial charge in [0.1, 0.15) is 23.1 Å². The van der Waals surface area contributed by atoms with Crippen molar-refractivity contribution in [2.45, 2.75) is 241 Å². The van der Waals surface area contributed by atoms with Gasteiger partial charge < -0.3 is 14.4 Å². The van der Waals surface area contributed by atoms with E-state index in [-0.39, 0.29) is 17.7 Å². The van der Waals surface area contributed by atoms with Gasteiger partial charge in [0.2, 0.25) is 0 Å². The molecule has 0 bridgehead atoms. The summed E-state index contributed by atoms with van der Waals surface area (Å²) in [6.45, 7) is 25.8. The number of halogens is 2. The van der Waals surface area contributed by atoms with Crippen LogP contribution in [0, 0.1) is 80.9 Å². The van der Waals surface area contributed by atoms with Gasteiger partial charge in [-0.3, -0.25) is 0 Å². The quantitative estimate of drug-likeness (QED) is 0.151. The van der Waals surface area contributed by atoms with Crippen LogP contribution in [0.1, 0.15) is 244 Å². The molecule has 598 valence electrons. The number of hydrogen-bond acceptors (Lipinski definition) is 3. The number of ether oxygens (including phenoxy) is 2. The summed E-state index contributed by atoms with van der Waals surface area (Å²) in [7, 11) is 5.88. The van der Waals surface area contributed by atoms with Gasteiger partial charge in [-0.2, -0.15) is 0 Å². The Bertz CT molecular complexity index is 5590. The number of methoxy groups -OCH3 is 1. The van der Waals surface area contributed by atoms with Gasteiger partial charge >= 0.3 is 0 Å². The van der Waals surface area contributed by atoms with E-state index in [4.69, 9.17) is 9.47 Å². The molecule has 4 aliphatic carbocycles. The van der Waals surface area contributed by atoms with Crippen LogP contribution in [0.15, 0.2) is 224 Å². The Hall–Kier alpha value is -9.84. The Kier molecular flexibility index (Phi) is 29.5. The average Bonchev–Trinajstić information content (AvgIpc) is 0.798. The lowest BCUT2D eigenvalue weighted by Crippen LogP contribution is -2.09. The van der Waals surface area contributed by atoms with Crippen molar-refractivity contribution in [2.75, 3.05) is 26.1 Å². The fraction of sp³-hybridized carbons (Fsp3) is 0.364. The molecule has 0 saturated heterocycles. The Morgan fingerprint density at radius 3 is 1.16 bits per heavy atom. The molecule has 5 heteroatoms. The number of benzene rings is 14. The molecule has 0 atom stereocenters. The molecule has 0 radical (unpaired) electrons. The van der Waals surface area contributed by atoms with Crippen LogP contribution < -0.4 is 14.4 Å². The van der Waals surface area contributed by atoms with Gasteiger partial charge in [-0.05, 0) is 298 Å². The van der Waals surface area contributed by atoms with Gasteiger partial charge in [-0.25, -0.2) is 8.78 Å². The molecule has 0 aromatic heterocycles. The molecule has 14 aromatic carbocycles. The van der Waals surface area contributed by atoms with E-state index in [2.05, 4.69) is 272 Å². The van der Waals surface area contributed by atoms with Crippen molar-refractivity contribution in [3.8, 4) is 11.5 Å². The van der Waals surface area contributed by atoms with Crippen LogP contribution in [0.3, 0.4) is 0 Å². The maximum Gasteiger partial charge on any atom is 0.131 e. The van der Waals surface area contributed by atoms with E-state index in [1.807, 2.05) is 36.4 Å². The zero-order chi connectivity index (χ0) is 81.2. The number of anilines is 1. The molecule has 0 spiro atoms. The first-order valence-corrected chi connectivity index (χ1v) is 43.3. The molecular weight excluding hydrogens is 1410 g/mol. The Balaban J connectivity index is 0.000000124. The summed E-state index contributed by atoms with van der Waals surface area (Å²) in [5.74, 6) is 4.52. The summed E-state index contributed by atoms with van der Waals surface area (Å²) in [6, 6.07) is 78.5. The fourth-order valence-electron chi connectivity index (χ4n) is 18.7. The highest BCUT2D eigenvalue weighted by Gasteiger charge is 2.24. The Morgan fingerprint density at radius 1 is 0.296 bits per heavy atom. The van der Waals surface area contributed by atoms with E-state index < -0.39 is 0 Å². The fourth-order valence-corrected chi connectivity index (χ4v) is 18.7. The first-order chi connectivity index (χ1) is 55.5. The van der Waals surface area contributed by atoms with Crippen molar-refractivity contribution in [1.82, 2.24) is 0 Å². The molecule has 115 heavy (non-hydrogen) atoms. The first-order valence-electron chi connectivity index (χ1n) is 43.3. The van der Waals surface area contributed by atoms with Crippen molar-refractivity contribution in [3.63, 3.8) is 0 Å². The van der Waals surface area contributed by atoms with Gasteiger partial charge in [0.15, 0.2) is 0 Å². The molecule has 3 nitrogen and oxygen atoms in total. The van der Waals surface area contributed by atoms with E-state index in [0.717, 1.165) is 39.5 Å². The SMILES string of the molecule is COc1cc(C)cc2ccccc12.Cc1cc(C2CCCCC2)c2c(F)cccc2c1.Cc1cc(C2CCCCC2)c2cc(C)c(C)cc2c1.Cc1cc(C2CCCCC2)c2cc(F)ccc2c1.Cc1cc(N(C)C)c2ccccc2c1.Cc1cc(OC(C)C)c2ccccc2c1.Cc1ccc2c(C3CCCCC3)cc(C)cc2c1. The van der Waals surface area contributed by atoms with E-state index >= 15 is 0 Å². The van der Waals surface area contributed by atoms with Crippen LogP contribution >= 0.6 is 0 Å². The standard InChI is InChI=1S/C19H24.C18H22.2C17H19F.C14H16O.C13H15N.C12H12O/c1-13-9-17-11-14(2)15(3)12-19(17)18(10-13)16-7-5-4-6-8-16;1-13-8-9-17-16(10-13)11-14(2)12-18(17)15-6-4-3-5-7-15;1-12-10-14-8-5-9-16(18)17(14)15(11-12)13-6-3-2-4-7-13;1-12-9-14-7-8-15(18)11-17(14)16(10-12)13-5-3-2-4-6-13;1-10(2)15-14-9-11(3)8-12-6-4-5-7-13(12)14;1-10-8-11-6-4-5-7-12(11)13(9-10)14(2)3;1-9-7-10-5-3-4-6-11(10)12(8-9)13-2/h9-12,16H,4-8H2,1-3H3;8-12,15H,3-7H2,1-2H3;5,8-11,13H,2-4,6-7H2,1H3;7-11,13H,2-6H2,1H3;4-10H,1-3H3;4-9H,1-3H3;3-8H,1-2H3. The largest absolute Gasteiger partial charge is 0.496 e. The summed E-state index contributed by atoms with van der Waals surface area (Å²) >= 11 is 0. The molecule has 0 unspecified atom stereocenters. The third-order valence-electron chi connectivity index (χ3n) is 24.4. The predicted molar refractivity (Wildman–Crippen MR) is 495 cm³/mol. The minimum atomic E-state index is -0.122. The summed E-state index contributed by atoms with van der Waals surface area (Å²) < 4.78 is 38.7. The smallest absolute Gasteiger partial charge is 0.131 e. The second kappa shape index (κ2) is 40.1. The number of fused-ring (bicyclic) bond motifs is 7. The number of nitrogens with zero attached hydrogens (tertiary/aromatic N) is 1. The lowest BCUT2D eigenvalue weighted by Gasteiger charge is -2.24. The van der Waals surface area contributed by atoms with Gasteiger partial charge in [0, 0.05) is 41.3 Å². The minimum Gasteiger partial charge on any atom is -0.496 e. The van der Waals surface area contributed by atoms with Crippen LogP contribution in [0.4, 0.5) is 14.5 Å². The second-order valence-corrected chi connectivity index (χ2v) is 34.6. The summed E-state index contributed by atoms with van der Waals surface area (Å²) in [5.41, 5.74) is 20.4. The molecule has 18 rings (SSSR count). The summed E-state index contributed by atoms with van der Waals surface area (Å²) in [6.07, 6.45) is 27.1. The molecular formula is C110H127F2NO2. The monoisotopic (exact) mass is 1530 g/mol. The number of hydrogen-bond donors (Lipinski definition) is 0. The van der Waals surface area contributed by atoms with Gasteiger partial charge in [0.05, 0.1) is 13.2 Å². The van der Waals surface area contributed by atoms with Crippen molar-refractivity contribution < 1.29 is 18.3 Å². The van der Waals surface area contributed by atoms with Crippen LogP contribution in [0.2, 0.25) is 0 Å². The summed E-state index contributed by atoms with van der Waals surface area (Å²) in [4.78, 5) is 2.16. The van der Waals surface area contributed by atoms with E-state index in [1.165, 1.54) is 260 Å². The van der Waals surface area contributed by atoms with E-state index in [0.29, 0.717) is 11.8 Å². The maximum absolute atomic E-state index is 14.1. The highest BCUT2D eigenvalue weighted by atomic mass is 19.1. The topological polar surface area (TPSA) is 21.7 Å². The normalized spacial score (nSPS) is 14.8. The van der Waals surface area contributed by atoms with Gasteiger partial charge in [0.25, 0.3) is 0 Å². The summed E-state index contributed by atoms with van der Waals surface area (Å²) in [5, 5.41) is 17.5. The van der Waals surface area contributed by atoms with Gasteiger partial charge in [-0.1, -0.05) is 293 Å². The highest BCUT2D eigenvalue weighted by molar-refractivity contribution is 5.96. The highest BCUT2D eigenvalue weighted by Crippen LogP contribution is 2.43. The molecule has 0 heterocycles. The molecule has 0 N–H and O–H groups in total. The molecule has 0 amide bonds. The van der Waals surface area contributed by atoms with Crippen molar-refractivity contribution >= 4 is 81.1 Å². The second-order valence-electron chi connectivity index (χ2n) is 34.6. The van der Waals surface area contributed by atoms with Crippen LogP contribution in [0.25, 0.3) is 75.4 Å². The molecule has 4 saturated carbocycles. The molecule has 4 aliphatic rings. The molecule has 14 aromatic rings. The third kappa shape index (κ3) is 22.2. The van der Waals surface area contributed by atoms with Crippen LogP contribution in [0.5, 0.6) is 11.5 Å². The van der Waals surface area contributed by atoms with Crippen LogP contribution in [-0.2, 0) is 0 Å².